The number of nitrogens with zero attached hydrogens (tertiary/aromatic N) is 4. The van der Waals surface area contributed by atoms with E-state index in [0.29, 0.717) is 5.56 Å². The topological polar surface area (TPSA) is 56.9 Å². The van der Waals surface area contributed by atoms with Crippen LogP contribution in [0.4, 0.5) is 5.69 Å². The Morgan fingerprint density at radius 1 is 1.39 bits per heavy atom. The van der Waals surface area contributed by atoms with Gasteiger partial charge >= 0.3 is 0 Å². The fourth-order valence-electron chi connectivity index (χ4n) is 2.29. The Hall–Kier alpha value is -2.58. The lowest BCUT2D eigenvalue weighted by atomic mass is 10.2. The second-order valence-electron chi connectivity index (χ2n) is 5.71. The van der Waals surface area contributed by atoms with Gasteiger partial charge in [-0.3, -0.25) is 0 Å². The van der Waals surface area contributed by atoms with Gasteiger partial charge in [0.2, 0.25) is 0 Å². The van der Waals surface area contributed by atoms with Crippen LogP contribution in [0.1, 0.15) is 18.2 Å². The molecular weight excluding hydrogens is 286 g/mol. The maximum Gasteiger partial charge on any atom is 0.0991 e. The summed E-state index contributed by atoms with van der Waals surface area (Å²) in [6, 6.07) is 9.85. The first-order valence-corrected chi connectivity index (χ1v) is 7.65. The fourth-order valence-corrected chi connectivity index (χ4v) is 2.29. The summed E-state index contributed by atoms with van der Waals surface area (Å²) in [6.07, 6.45) is 3.70. The molecule has 0 amide bonds. The first-order chi connectivity index (χ1) is 11.1. The van der Waals surface area contributed by atoms with Gasteiger partial charge in [-0.25, -0.2) is 4.98 Å². The molecule has 0 fully saturated rings. The van der Waals surface area contributed by atoms with Crippen molar-refractivity contribution in [1.29, 1.82) is 5.26 Å². The van der Waals surface area contributed by atoms with Crippen LogP contribution in [-0.4, -0.2) is 29.2 Å². The molecular formula is C18H23N5. The average Bonchev–Trinajstić information content (AvgIpc) is 2.95. The first-order valence-electron chi connectivity index (χ1n) is 7.65. The van der Waals surface area contributed by atoms with Gasteiger partial charge in [0, 0.05) is 38.6 Å². The van der Waals surface area contributed by atoms with Crippen LogP contribution in [0.25, 0.3) is 0 Å². The van der Waals surface area contributed by atoms with Gasteiger partial charge in [-0.15, -0.1) is 0 Å². The maximum atomic E-state index is 8.94. The largest absolute Gasteiger partial charge is 0.364 e. The second kappa shape index (κ2) is 8.16. The van der Waals surface area contributed by atoms with Crippen molar-refractivity contribution in [2.45, 2.75) is 13.5 Å². The molecule has 120 valence electrons. The van der Waals surface area contributed by atoms with E-state index in [-0.39, 0.29) is 0 Å². The Morgan fingerprint density at radius 3 is 2.70 bits per heavy atom. The molecule has 1 aromatic heterocycles. The first kappa shape index (κ1) is 16.8. The molecule has 0 spiro atoms. The molecule has 1 heterocycles. The number of anilines is 1. The molecule has 1 aromatic carbocycles. The van der Waals surface area contributed by atoms with Crippen LogP contribution in [0.5, 0.6) is 0 Å². The van der Waals surface area contributed by atoms with E-state index < -0.39 is 0 Å². The van der Waals surface area contributed by atoms with Crippen LogP contribution >= 0.6 is 0 Å². The SMILES string of the molecule is C=C(C)CNCCN(Cc1cncn1C)c1ccc(C#N)cc1. The van der Waals surface area contributed by atoms with Gasteiger partial charge in [0.25, 0.3) is 0 Å². The number of imidazole rings is 1. The number of nitrogens with one attached hydrogen (secondary N) is 1. The smallest absolute Gasteiger partial charge is 0.0991 e. The van der Waals surface area contributed by atoms with Crippen molar-refractivity contribution < 1.29 is 0 Å². The molecule has 0 saturated carbocycles. The molecule has 5 nitrogen and oxygen atoms in total. The lowest BCUT2D eigenvalue weighted by Gasteiger charge is -2.25. The molecule has 23 heavy (non-hydrogen) atoms. The van der Waals surface area contributed by atoms with Crippen molar-refractivity contribution in [2.24, 2.45) is 7.05 Å². The van der Waals surface area contributed by atoms with Crippen molar-refractivity contribution in [3.05, 3.63) is 60.2 Å². The summed E-state index contributed by atoms with van der Waals surface area (Å²) >= 11 is 0. The molecule has 1 N–H and O–H groups in total. The monoisotopic (exact) mass is 309 g/mol. The van der Waals surface area contributed by atoms with Gasteiger partial charge in [-0.1, -0.05) is 12.2 Å². The number of hydrogen-bond donors (Lipinski definition) is 1. The Balaban J connectivity index is 2.08. The summed E-state index contributed by atoms with van der Waals surface area (Å²) in [4.78, 5) is 6.46. The fraction of sp³-hybridized carbons (Fsp3) is 0.333. The Morgan fingerprint density at radius 2 is 2.13 bits per heavy atom. The Bertz CT molecular complexity index is 678. The molecule has 2 aromatic rings. The molecule has 5 heteroatoms. The molecule has 0 bridgehead atoms. The Labute approximate surface area is 137 Å². The highest BCUT2D eigenvalue weighted by Gasteiger charge is 2.09. The molecule has 0 aliphatic rings. The van der Waals surface area contributed by atoms with E-state index in [1.54, 1.807) is 0 Å². The standard InChI is InChI=1S/C18H23N5/c1-15(2)11-20-8-9-23(13-18-12-21-14-22(18)3)17-6-4-16(10-19)5-7-17/h4-7,12,14,20H,1,8-9,11,13H2,2-3H3. The average molecular weight is 309 g/mol. The van der Waals surface area contributed by atoms with Crippen molar-refractivity contribution in [3.8, 4) is 6.07 Å². The molecule has 0 aliphatic carbocycles. The lowest BCUT2D eigenvalue weighted by molar-refractivity contribution is 0.671. The molecule has 0 aliphatic heterocycles. The zero-order chi connectivity index (χ0) is 16.7. The normalized spacial score (nSPS) is 10.3. The summed E-state index contributed by atoms with van der Waals surface area (Å²) < 4.78 is 2.03. The van der Waals surface area contributed by atoms with Crippen LogP contribution in [0.2, 0.25) is 0 Å². The molecule has 0 atom stereocenters. The van der Waals surface area contributed by atoms with Gasteiger partial charge in [0.05, 0.1) is 30.2 Å². The summed E-state index contributed by atoms with van der Waals surface area (Å²) in [5.41, 5.74) is 4.05. The van der Waals surface area contributed by atoms with E-state index >= 15 is 0 Å². The quantitative estimate of drug-likeness (QED) is 0.601. The number of benzene rings is 1. The van der Waals surface area contributed by atoms with Crippen LogP contribution in [0, 0.1) is 11.3 Å². The van der Waals surface area contributed by atoms with E-state index in [4.69, 9.17) is 5.26 Å². The highest BCUT2D eigenvalue weighted by atomic mass is 15.2. The third-order valence-corrected chi connectivity index (χ3v) is 3.62. The zero-order valence-electron chi connectivity index (χ0n) is 13.8. The number of nitriles is 1. The van der Waals surface area contributed by atoms with E-state index in [2.05, 4.69) is 27.8 Å². The van der Waals surface area contributed by atoms with Crippen molar-refractivity contribution >= 4 is 5.69 Å². The van der Waals surface area contributed by atoms with E-state index in [0.717, 1.165) is 43.1 Å². The highest BCUT2D eigenvalue weighted by molar-refractivity contribution is 5.49. The minimum Gasteiger partial charge on any atom is -0.364 e. The van der Waals surface area contributed by atoms with Crippen LogP contribution in [0.3, 0.4) is 0 Å². The van der Waals surface area contributed by atoms with E-state index in [9.17, 15) is 0 Å². The van der Waals surface area contributed by atoms with Crippen molar-refractivity contribution in [3.63, 3.8) is 0 Å². The third kappa shape index (κ3) is 4.97. The van der Waals surface area contributed by atoms with Gasteiger partial charge in [0.1, 0.15) is 0 Å². The molecule has 2 rings (SSSR count). The number of hydrogen-bond acceptors (Lipinski definition) is 4. The third-order valence-electron chi connectivity index (χ3n) is 3.62. The van der Waals surface area contributed by atoms with Gasteiger partial charge in [-0.2, -0.15) is 5.26 Å². The molecule has 0 unspecified atom stereocenters. The minimum atomic E-state index is 0.676. The highest BCUT2D eigenvalue weighted by Crippen LogP contribution is 2.17. The number of aryl methyl sites for hydroxylation is 1. The van der Waals surface area contributed by atoms with E-state index in [1.165, 1.54) is 0 Å². The van der Waals surface area contributed by atoms with Crippen LogP contribution < -0.4 is 10.2 Å². The van der Waals surface area contributed by atoms with Crippen LogP contribution in [-0.2, 0) is 13.6 Å². The predicted molar refractivity (Wildman–Crippen MR) is 93.1 cm³/mol. The zero-order valence-corrected chi connectivity index (χ0v) is 13.8. The van der Waals surface area contributed by atoms with Crippen LogP contribution in [0.15, 0.2) is 48.9 Å². The van der Waals surface area contributed by atoms with Crippen molar-refractivity contribution in [1.82, 2.24) is 14.9 Å². The molecule has 0 radical (unpaired) electrons. The van der Waals surface area contributed by atoms with Gasteiger partial charge < -0.3 is 14.8 Å². The molecule has 0 saturated heterocycles. The predicted octanol–water partition coefficient (Wildman–Crippen LogP) is 2.46. The summed E-state index contributed by atoms with van der Waals surface area (Å²) in [7, 11) is 2.00. The second-order valence-corrected chi connectivity index (χ2v) is 5.71. The number of aromatic nitrogens is 2. The number of rotatable bonds is 8. The Kier molecular flexibility index (Phi) is 5.95. The lowest BCUT2D eigenvalue weighted by Crippen LogP contribution is -2.32. The maximum absolute atomic E-state index is 8.94. The summed E-state index contributed by atoms with van der Waals surface area (Å²) in [5, 5.41) is 12.3. The van der Waals surface area contributed by atoms with Gasteiger partial charge in [-0.05, 0) is 31.2 Å². The van der Waals surface area contributed by atoms with E-state index in [1.807, 2.05) is 55.3 Å². The van der Waals surface area contributed by atoms with Crippen molar-refractivity contribution in [2.75, 3.05) is 24.5 Å². The summed E-state index contributed by atoms with van der Waals surface area (Å²) in [6.45, 7) is 9.25. The minimum absolute atomic E-state index is 0.676. The summed E-state index contributed by atoms with van der Waals surface area (Å²) in [5.74, 6) is 0. The van der Waals surface area contributed by atoms with Gasteiger partial charge in [0.15, 0.2) is 0 Å².